The van der Waals surface area contributed by atoms with E-state index in [1.165, 1.54) is 5.56 Å². The molecule has 0 saturated carbocycles. The van der Waals surface area contributed by atoms with E-state index in [0.717, 1.165) is 16.5 Å². The second-order valence-electron chi connectivity index (χ2n) is 5.07. The Hall–Kier alpha value is -0.540. The van der Waals surface area contributed by atoms with Crippen LogP contribution in [0, 0.1) is 0 Å². The highest BCUT2D eigenvalue weighted by molar-refractivity contribution is 9.10. The maximum absolute atomic E-state index is 6.29. The monoisotopic (exact) mass is 385 g/mol. The van der Waals surface area contributed by atoms with Gasteiger partial charge in [-0.25, -0.2) is 0 Å². The lowest BCUT2D eigenvalue weighted by atomic mass is 10.0. The largest absolute Gasteiger partial charge is 0.303 e. The van der Waals surface area contributed by atoms with E-state index in [4.69, 9.17) is 23.2 Å². The fourth-order valence-corrected chi connectivity index (χ4v) is 3.41. The molecule has 4 heteroatoms. The zero-order valence-corrected chi connectivity index (χ0v) is 15.1. The van der Waals surface area contributed by atoms with Gasteiger partial charge in [-0.3, -0.25) is 0 Å². The normalized spacial score (nSPS) is 14.0. The highest BCUT2D eigenvalue weighted by Gasteiger charge is 2.16. The quantitative estimate of drug-likeness (QED) is 0.613. The topological polar surface area (TPSA) is 12.0 Å². The van der Waals surface area contributed by atoms with Gasteiger partial charge < -0.3 is 5.32 Å². The van der Waals surface area contributed by atoms with Crippen LogP contribution in [0.15, 0.2) is 46.9 Å². The van der Waals surface area contributed by atoms with Crippen LogP contribution >= 0.6 is 39.1 Å². The van der Waals surface area contributed by atoms with E-state index in [1.807, 2.05) is 18.2 Å². The minimum Gasteiger partial charge on any atom is -0.303 e. The third-order valence-corrected chi connectivity index (χ3v) is 4.60. The van der Waals surface area contributed by atoms with Gasteiger partial charge in [0.25, 0.3) is 0 Å². The molecule has 0 spiro atoms. The van der Waals surface area contributed by atoms with Crippen LogP contribution in [0.25, 0.3) is 0 Å². The van der Waals surface area contributed by atoms with E-state index in [2.05, 4.69) is 53.3 Å². The lowest BCUT2D eigenvalue weighted by Crippen LogP contribution is -2.24. The number of nitrogens with one attached hydrogen (secondary N) is 1. The summed E-state index contributed by atoms with van der Waals surface area (Å²) in [6.07, 6.45) is 1.01. The van der Waals surface area contributed by atoms with Crippen molar-refractivity contribution >= 4 is 39.1 Å². The van der Waals surface area contributed by atoms with Crippen molar-refractivity contribution in [1.29, 1.82) is 0 Å². The van der Waals surface area contributed by atoms with Gasteiger partial charge in [0.2, 0.25) is 0 Å². The maximum Gasteiger partial charge on any atom is 0.0468 e. The molecule has 1 N–H and O–H groups in total. The van der Waals surface area contributed by atoms with Gasteiger partial charge in [-0.05, 0) is 48.7 Å². The molecule has 0 aliphatic rings. The molecule has 2 atom stereocenters. The van der Waals surface area contributed by atoms with Crippen molar-refractivity contribution in [3.05, 3.63) is 68.1 Å². The van der Waals surface area contributed by atoms with Gasteiger partial charge >= 0.3 is 0 Å². The molecule has 0 radical (unpaired) electrons. The third-order valence-electron chi connectivity index (χ3n) is 3.54. The van der Waals surface area contributed by atoms with Crippen molar-refractivity contribution in [3.8, 4) is 0 Å². The molecule has 2 unspecified atom stereocenters. The van der Waals surface area contributed by atoms with Crippen molar-refractivity contribution in [1.82, 2.24) is 5.32 Å². The van der Waals surface area contributed by atoms with Crippen molar-refractivity contribution in [2.75, 3.05) is 0 Å². The SMILES string of the molecule is CCC(NC(C)c1ccc(Cl)cc1Cl)c1cccc(Br)c1. The van der Waals surface area contributed by atoms with Crippen LogP contribution in [0.3, 0.4) is 0 Å². The highest BCUT2D eigenvalue weighted by Crippen LogP contribution is 2.29. The molecule has 1 nitrogen and oxygen atoms in total. The summed E-state index contributed by atoms with van der Waals surface area (Å²) in [7, 11) is 0. The summed E-state index contributed by atoms with van der Waals surface area (Å²) < 4.78 is 1.09. The van der Waals surface area contributed by atoms with Crippen LogP contribution in [0.5, 0.6) is 0 Å². The molecular formula is C17H18BrCl2N. The number of halogens is 3. The van der Waals surface area contributed by atoms with E-state index in [1.54, 1.807) is 6.07 Å². The van der Waals surface area contributed by atoms with E-state index in [-0.39, 0.29) is 12.1 Å². The first-order valence-electron chi connectivity index (χ1n) is 6.97. The van der Waals surface area contributed by atoms with E-state index in [0.29, 0.717) is 10.0 Å². The Bertz CT molecular complexity index is 615. The first-order valence-corrected chi connectivity index (χ1v) is 8.52. The number of benzene rings is 2. The summed E-state index contributed by atoms with van der Waals surface area (Å²) in [6.45, 7) is 4.30. The molecule has 0 amide bonds. The number of rotatable bonds is 5. The van der Waals surface area contributed by atoms with Crippen molar-refractivity contribution in [2.24, 2.45) is 0 Å². The zero-order valence-electron chi connectivity index (χ0n) is 12.0. The summed E-state index contributed by atoms with van der Waals surface area (Å²) in [6, 6.07) is 14.5. The van der Waals surface area contributed by atoms with E-state index >= 15 is 0 Å². The Morgan fingerprint density at radius 2 is 1.90 bits per heavy atom. The molecule has 0 bridgehead atoms. The van der Waals surface area contributed by atoms with Gasteiger partial charge in [0.15, 0.2) is 0 Å². The predicted molar refractivity (Wildman–Crippen MR) is 95.2 cm³/mol. The van der Waals surface area contributed by atoms with Crippen LogP contribution in [0.4, 0.5) is 0 Å². The van der Waals surface area contributed by atoms with Crippen molar-refractivity contribution in [3.63, 3.8) is 0 Å². The van der Waals surface area contributed by atoms with Gasteiger partial charge in [0, 0.05) is 26.6 Å². The number of hydrogen-bond donors (Lipinski definition) is 1. The standard InChI is InChI=1S/C17H18BrCl2N/c1-3-17(12-5-4-6-13(18)9-12)21-11(2)15-8-7-14(19)10-16(15)20/h4-11,17,21H,3H2,1-2H3. The van der Waals surface area contributed by atoms with Crippen LogP contribution < -0.4 is 5.32 Å². The lowest BCUT2D eigenvalue weighted by Gasteiger charge is -2.24. The zero-order chi connectivity index (χ0) is 15.4. The predicted octanol–water partition coefficient (Wildman–Crippen LogP) is 6.56. The fraction of sp³-hybridized carbons (Fsp3) is 0.294. The molecule has 0 heterocycles. The summed E-state index contributed by atoms with van der Waals surface area (Å²) in [4.78, 5) is 0. The molecule has 112 valence electrons. The molecule has 2 aromatic rings. The first kappa shape index (κ1) is 16.8. The average molecular weight is 387 g/mol. The maximum atomic E-state index is 6.29. The molecular weight excluding hydrogens is 369 g/mol. The Balaban J connectivity index is 2.18. The second-order valence-corrected chi connectivity index (χ2v) is 6.83. The number of hydrogen-bond acceptors (Lipinski definition) is 1. The van der Waals surface area contributed by atoms with Crippen LogP contribution in [-0.2, 0) is 0 Å². The average Bonchev–Trinajstić information content (AvgIpc) is 2.44. The summed E-state index contributed by atoms with van der Waals surface area (Å²) in [5, 5.41) is 5.00. The smallest absolute Gasteiger partial charge is 0.0468 e. The van der Waals surface area contributed by atoms with E-state index < -0.39 is 0 Å². The van der Waals surface area contributed by atoms with E-state index in [9.17, 15) is 0 Å². The molecule has 2 rings (SSSR count). The molecule has 0 aliphatic heterocycles. The van der Waals surface area contributed by atoms with Gasteiger partial charge in [0.1, 0.15) is 0 Å². The second kappa shape index (κ2) is 7.64. The first-order chi connectivity index (χ1) is 10.0. The highest BCUT2D eigenvalue weighted by atomic mass is 79.9. The molecule has 0 fully saturated rings. The molecule has 0 saturated heterocycles. The third kappa shape index (κ3) is 4.46. The van der Waals surface area contributed by atoms with Crippen molar-refractivity contribution in [2.45, 2.75) is 32.4 Å². The van der Waals surface area contributed by atoms with Gasteiger partial charge in [0.05, 0.1) is 0 Å². The van der Waals surface area contributed by atoms with Crippen molar-refractivity contribution < 1.29 is 0 Å². The Kier molecular flexibility index (Phi) is 6.12. The molecule has 21 heavy (non-hydrogen) atoms. The Morgan fingerprint density at radius 3 is 2.52 bits per heavy atom. The summed E-state index contributed by atoms with van der Waals surface area (Å²) >= 11 is 15.8. The minimum absolute atomic E-state index is 0.152. The van der Waals surface area contributed by atoms with Crippen LogP contribution in [0.2, 0.25) is 10.0 Å². The summed E-state index contributed by atoms with van der Waals surface area (Å²) in [5.41, 5.74) is 2.33. The van der Waals surface area contributed by atoms with Gasteiger partial charge in [-0.1, -0.05) is 64.3 Å². The van der Waals surface area contributed by atoms with Crippen LogP contribution in [-0.4, -0.2) is 0 Å². The molecule has 0 aliphatic carbocycles. The summed E-state index contributed by atoms with van der Waals surface area (Å²) in [5.74, 6) is 0. The molecule has 2 aromatic carbocycles. The fourth-order valence-electron chi connectivity index (χ4n) is 2.42. The minimum atomic E-state index is 0.152. The Labute approximate surface area is 144 Å². The van der Waals surface area contributed by atoms with Gasteiger partial charge in [-0.15, -0.1) is 0 Å². The molecule has 0 aromatic heterocycles. The lowest BCUT2D eigenvalue weighted by molar-refractivity contribution is 0.456. The van der Waals surface area contributed by atoms with Gasteiger partial charge in [-0.2, -0.15) is 0 Å². The van der Waals surface area contributed by atoms with Crippen LogP contribution in [0.1, 0.15) is 43.5 Å². The Morgan fingerprint density at radius 1 is 1.14 bits per heavy atom.